The first kappa shape index (κ1) is 21.2. The molecular formula is C28H32N3+. The molecule has 0 aliphatic carbocycles. The Labute approximate surface area is 185 Å². The van der Waals surface area contributed by atoms with Crippen LogP contribution in [-0.4, -0.2) is 9.97 Å². The second-order valence-electron chi connectivity index (χ2n) is 9.94. The van der Waals surface area contributed by atoms with Gasteiger partial charge in [0.25, 0.3) is 6.33 Å². The fourth-order valence-corrected chi connectivity index (χ4v) is 4.35. The van der Waals surface area contributed by atoms with Gasteiger partial charge in [0, 0.05) is 28.6 Å². The molecule has 158 valence electrons. The van der Waals surface area contributed by atoms with Gasteiger partial charge in [0.05, 0.1) is 12.4 Å². The Balaban J connectivity index is 1.89. The minimum atomic E-state index is 0.225. The Hall–Kier alpha value is -3.07. The summed E-state index contributed by atoms with van der Waals surface area (Å²) in [6, 6.07) is 15.3. The van der Waals surface area contributed by atoms with Crippen molar-refractivity contribution in [3.05, 3.63) is 77.4 Å². The first-order valence-electron chi connectivity index (χ1n) is 10.9. The van der Waals surface area contributed by atoms with Crippen LogP contribution in [0.15, 0.2) is 55.0 Å². The minimum Gasteiger partial charge on any atom is -0.261 e. The highest BCUT2D eigenvalue weighted by Crippen LogP contribution is 2.34. The molecule has 0 aliphatic heterocycles. The summed E-state index contributed by atoms with van der Waals surface area (Å²) in [5.74, 6) is 0. The van der Waals surface area contributed by atoms with Gasteiger partial charge in [0.15, 0.2) is 5.52 Å². The van der Waals surface area contributed by atoms with Gasteiger partial charge < -0.3 is 0 Å². The van der Waals surface area contributed by atoms with Crippen molar-refractivity contribution in [2.24, 2.45) is 12.5 Å². The van der Waals surface area contributed by atoms with E-state index in [0.29, 0.717) is 0 Å². The van der Waals surface area contributed by atoms with Crippen LogP contribution in [0.3, 0.4) is 0 Å². The standard InChI is InChI=1S/C28H32N3/c1-18-13-19(2)20(3)25(14-18)27-24-10-8-9-23(26(24)30-17-31(27)7)21-11-12-22(29-16-21)15-28(4,5)6/h8-14,16-17H,15H2,1-7H3/q+1. The summed E-state index contributed by atoms with van der Waals surface area (Å²) in [6.45, 7) is 13.3. The second kappa shape index (κ2) is 7.88. The van der Waals surface area contributed by atoms with Gasteiger partial charge in [-0.2, -0.15) is 0 Å². The van der Waals surface area contributed by atoms with Gasteiger partial charge in [-0.15, -0.1) is 0 Å². The number of hydrogen-bond donors (Lipinski definition) is 0. The average molecular weight is 411 g/mol. The van der Waals surface area contributed by atoms with E-state index in [9.17, 15) is 0 Å². The zero-order valence-corrected chi connectivity index (χ0v) is 19.7. The van der Waals surface area contributed by atoms with E-state index in [4.69, 9.17) is 9.97 Å². The lowest BCUT2D eigenvalue weighted by molar-refractivity contribution is -0.662. The highest BCUT2D eigenvalue weighted by molar-refractivity contribution is 5.99. The van der Waals surface area contributed by atoms with E-state index in [1.165, 1.54) is 27.9 Å². The zero-order valence-electron chi connectivity index (χ0n) is 19.7. The third-order valence-electron chi connectivity index (χ3n) is 5.92. The van der Waals surface area contributed by atoms with E-state index in [0.717, 1.165) is 34.1 Å². The molecule has 2 aromatic heterocycles. The zero-order chi connectivity index (χ0) is 22.3. The fourth-order valence-electron chi connectivity index (χ4n) is 4.35. The van der Waals surface area contributed by atoms with Crippen molar-refractivity contribution in [2.75, 3.05) is 0 Å². The fraction of sp³-hybridized carbons (Fsp3) is 0.321. The smallest absolute Gasteiger partial charge is 0.261 e. The molecule has 4 aromatic rings. The van der Waals surface area contributed by atoms with Crippen LogP contribution in [0.4, 0.5) is 0 Å². The van der Waals surface area contributed by atoms with Crippen molar-refractivity contribution in [1.29, 1.82) is 0 Å². The van der Waals surface area contributed by atoms with Gasteiger partial charge in [0.2, 0.25) is 0 Å². The molecule has 0 radical (unpaired) electrons. The van der Waals surface area contributed by atoms with Gasteiger partial charge >= 0.3 is 0 Å². The monoisotopic (exact) mass is 410 g/mol. The van der Waals surface area contributed by atoms with Crippen LogP contribution in [0.5, 0.6) is 0 Å². The Morgan fingerprint density at radius 1 is 0.903 bits per heavy atom. The number of rotatable bonds is 3. The van der Waals surface area contributed by atoms with Crippen LogP contribution in [0.1, 0.15) is 43.2 Å². The number of para-hydroxylation sites is 1. The van der Waals surface area contributed by atoms with Crippen molar-refractivity contribution in [1.82, 2.24) is 9.97 Å². The lowest BCUT2D eigenvalue weighted by atomic mass is 9.90. The van der Waals surface area contributed by atoms with E-state index < -0.39 is 0 Å². The van der Waals surface area contributed by atoms with Crippen molar-refractivity contribution in [3.63, 3.8) is 0 Å². The molecule has 3 heteroatoms. The van der Waals surface area contributed by atoms with Crippen molar-refractivity contribution >= 4 is 10.9 Å². The van der Waals surface area contributed by atoms with Crippen LogP contribution in [-0.2, 0) is 13.5 Å². The van der Waals surface area contributed by atoms with Crippen LogP contribution in [0.25, 0.3) is 33.3 Å². The molecule has 2 aromatic carbocycles. The van der Waals surface area contributed by atoms with Crippen LogP contribution < -0.4 is 4.57 Å². The molecule has 0 N–H and O–H groups in total. The Bertz CT molecular complexity index is 1260. The van der Waals surface area contributed by atoms with E-state index in [1.807, 2.05) is 12.5 Å². The summed E-state index contributed by atoms with van der Waals surface area (Å²) >= 11 is 0. The Morgan fingerprint density at radius 3 is 2.35 bits per heavy atom. The molecule has 0 unspecified atom stereocenters. The number of pyridine rings is 1. The minimum absolute atomic E-state index is 0.225. The predicted octanol–water partition coefficient (Wildman–Crippen LogP) is 6.30. The molecule has 31 heavy (non-hydrogen) atoms. The van der Waals surface area contributed by atoms with Crippen LogP contribution >= 0.6 is 0 Å². The Morgan fingerprint density at radius 2 is 1.68 bits per heavy atom. The number of nitrogens with zero attached hydrogens (tertiary/aromatic N) is 3. The lowest BCUT2D eigenvalue weighted by Crippen LogP contribution is -2.32. The van der Waals surface area contributed by atoms with Crippen molar-refractivity contribution < 1.29 is 4.57 Å². The number of hydrogen-bond acceptors (Lipinski definition) is 2. The molecule has 0 bridgehead atoms. The summed E-state index contributed by atoms with van der Waals surface area (Å²) in [5, 5.41) is 1.16. The topological polar surface area (TPSA) is 29.7 Å². The molecule has 0 spiro atoms. The second-order valence-corrected chi connectivity index (χ2v) is 9.94. The van der Waals surface area contributed by atoms with E-state index in [-0.39, 0.29) is 5.41 Å². The maximum atomic E-state index is 4.83. The number of fused-ring (bicyclic) bond motifs is 1. The molecule has 0 aliphatic rings. The molecule has 0 amide bonds. The maximum absolute atomic E-state index is 4.83. The summed E-state index contributed by atoms with van der Waals surface area (Å²) in [5.41, 5.74) is 11.0. The number of aromatic nitrogens is 3. The van der Waals surface area contributed by atoms with Gasteiger partial charge in [-0.05, 0) is 73.0 Å². The summed E-state index contributed by atoms with van der Waals surface area (Å²) < 4.78 is 2.14. The molecule has 0 atom stereocenters. The Kier molecular flexibility index (Phi) is 5.38. The molecule has 0 fully saturated rings. The largest absolute Gasteiger partial charge is 0.287 e. The average Bonchev–Trinajstić information content (AvgIpc) is 2.70. The van der Waals surface area contributed by atoms with Gasteiger partial charge in [-0.3, -0.25) is 4.98 Å². The molecule has 0 saturated carbocycles. The van der Waals surface area contributed by atoms with Gasteiger partial charge in [-0.1, -0.05) is 44.5 Å². The summed E-state index contributed by atoms with van der Waals surface area (Å²) in [4.78, 5) is 9.58. The highest BCUT2D eigenvalue weighted by atomic mass is 15.0. The quantitative estimate of drug-likeness (QED) is 0.371. The summed E-state index contributed by atoms with van der Waals surface area (Å²) in [6.07, 6.45) is 4.89. The molecule has 3 nitrogen and oxygen atoms in total. The van der Waals surface area contributed by atoms with Gasteiger partial charge in [0.1, 0.15) is 5.69 Å². The van der Waals surface area contributed by atoms with Gasteiger partial charge in [-0.25, -0.2) is 4.57 Å². The molecule has 2 heterocycles. The lowest BCUT2D eigenvalue weighted by Gasteiger charge is -2.17. The van der Waals surface area contributed by atoms with Crippen molar-refractivity contribution in [2.45, 2.75) is 48.0 Å². The van der Waals surface area contributed by atoms with E-state index in [2.05, 4.69) is 95.6 Å². The van der Waals surface area contributed by atoms with Crippen LogP contribution in [0.2, 0.25) is 0 Å². The number of benzene rings is 2. The first-order valence-corrected chi connectivity index (χ1v) is 10.9. The maximum Gasteiger partial charge on any atom is 0.287 e. The third kappa shape index (κ3) is 4.23. The van der Waals surface area contributed by atoms with Crippen LogP contribution in [0, 0.1) is 26.2 Å². The summed E-state index contributed by atoms with van der Waals surface area (Å²) in [7, 11) is 2.08. The van der Waals surface area contributed by atoms with E-state index in [1.54, 1.807) is 0 Å². The number of aryl methyl sites for hydroxylation is 3. The predicted molar refractivity (Wildman–Crippen MR) is 129 cm³/mol. The SMILES string of the molecule is Cc1cc(C)c(C)c(-c2c3cccc(-c4ccc(CC(C)(C)C)nc4)c3nc[n+]2C)c1. The molecule has 4 rings (SSSR count). The normalized spacial score (nSPS) is 11.8. The highest BCUT2D eigenvalue weighted by Gasteiger charge is 2.20. The van der Waals surface area contributed by atoms with Crippen molar-refractivity contribution in [3.8, 4) is 22.4 Å². The molecular weight excluding hydrogens is 378 g/mol. The first-order chi connectivity index (χ1) is 14.6. The van der Waals surface area contributed by atoms with E-state index >= 15 is 0 Å². The molecule has 0 saturated heterocycles. The third-order valence-corrected chi connectivity index (χ3v) is 5.92.